The van der Waals surface area contributed by atoms with Crippen molar-refractivity contribution in [2.75, 3.05) is 68.8 Å². The molecule has 0 bridgehead atoms. The van der Waals surface area contributed by atoms with Crippen molar-refractivity contribution >= 4 is 24.0 Å². The van der Waals surface area contributed by atoms with E-state index in [9.17, 15) is 9.59 Å². The van der Waals surface area contributed by atoms with Crippen molar-refractivity contribution in [2.24, 2.45) is 11.8 Å². The SMILES string of the molecule is COc1cc(/C=C/C=C/C(=O)NC[C@H]2CN(Cc3ccccc3)C[C@@H]2CNC(=O)/C=C/C=C/c2cc(OC)c(OC)c(OC)c2)cc(OC)c1OC. The van der Waals surface area contributed by atoms with Crippen LogP contribution in [0.3, 0.4) is 0 Å². The maximum Gasteiger partial charge on any atom is 0.243 e. The first-order valence-corrected chi connectivity index (χ1v) is 16.9. The molecule has 2 amide bonds. The quantitative estimate of drug-likeness (QED) is 0.129. The molecule has 11 nitrogen and oxygen atoms in total. The Labute approximate surface area is 306 Å². The second kappa shape index (κ2) is 20.2. The number of carbonyl (C=O) groups excluding carboxylic acids is 2. The molecular weight excluding hydrogens is 662 g/mol. The van der Waals surface area contributed by atoms with Gasteiger partial charge in [-0.25, -0.2) is 0 Å². The molecule has 3 aromatic rings. The van der Waals surface area contributed by atoms with E-state index in [0.29, 0.717) is 47.6 Å². The van der Waals surface area contributed by atoms with Gasteiger partial charge in [-0.1, -0.05) is 66.8 Å². The maximum atomic E-state index is 12.8. The lowest BCUT2D eigenvalue weighted by atomic mass is 9.96. The smallest absolute Gasteiger partial charge is 0.243 e. The van der Waals surface area contributed by atoms with E-state index in [4.69, 9.17) is 28.4 Å². The molecule has 1 saturated heterocycles. The zero-order chi connectivity index (χ0) is 37.3. The molecule has 4 rings (SSSR count). The third kappa shape index (κ3) is 11.2. The second-order valence-corrected chi connectivity index (χ2v) is 12.0. The van der Waals surface area contributed by atoms with E-state index < -0.39 is 0 Å². The van der Waals surface area contributed by atoms with Gasteiger partial charge in [0.1, 0.15) is 0 Å². The number of amides is 2. The number of likely N-dealkylation sites (tertiary alicyclic amines) is 1. The molecule has 0 saturated carbocycles. The van der Waals surface area contributed by atoms with Crippen molar-refractivity contribution in [1.29, 1.82) is 0 Å². The van der Waals surface area contributed by atoms with Crippen molar-refractivity contribution in [3.8, 4) is 34.5 Å². The van der Waals surface area contributed by atoms with Crippen LogP contribution in [0.2, 0.25) is 0 Å². The summed E-state index contributed by atoms with van der Waals surface area (Å²) in [6.07, 6.45) is 13.6. The number of ether oxygens (including phenoxy) is 6. The van der Waals surface area contributed by atoms with Crippen LogP contribution in [-0.4, -0.2) is 85.6 Å². The zero-order valence-corrected chi connectivity index (χ0v) is 30.7. The molecule has 0 unspecified atom stereocenters. The topological polar surface area (TPSA) is 117 Å². The van der Waals surface area contributed by atoms with Gasteiger partial charge in [0.05, 0.1) is 42.7 Å². The fourth-order valence-corrected chi connectivity index (χ4v) is 6.06. The van der Waals surface area contributed by atoms with Gasteiger partial charge in [0, 0.05) is 44.9 Å². The molecule has 11 heteroatoms. The zero-order valence-electron chi connectivity index (χ0n) is 30.7. The van der Waals surface area contributed by atoms with E-state index in [1.54, 1.807) is 67.0 Å². The molecule has 3 aromatic carbocycles. The molecule has 1 aliphatic heterocycles. The number of nitrogens with zero attached hydrogens (tertiary/aromatic N) is 1. The van der Waals surface area contributed by atoms with E-state index in [0.717, 1.165) is 30.8 Å². The largest absolute Gasteiger partial charge is 0.493 e. The van der Waals surface area contributed by atoms with Crippen molar-refractivity contribution < 1.29 is 38.0 Å². The first kappa shape index (κ1) is 39.1. The van der Waals surface area contributed by atoms with Crippen molar-refractivity contribution in [3.63, 3.8) is 0 Å². The fourth-order valence-electron chi connectivity index (χ4n) is 6.06. The Morgan fingerprint density at radius 3 is 1.38 bits per heavy atom. The summed E-state index contributed by atoms with van der Waals surface area (Å²) in [5, 5.41) is 6.11. The number of benzene rings is 3. The van der Waals surface area contributed by atoms with Gasteiger partial charge in [0.25, 0.3) is 0 Å². The van der Waals surface area contributed by atoms with Crippen LogP contribution in [0.5, 0.6) is 34.5 Å². The predicted molar refractivity (Wildman–Crippen MR) is 203 cm³/mol. The minimum atomic E-state index is -0.194. The van der Waals surface area contributed by atoms with E-state index in [1.165, 1.54) is 17.7 Å². The molecule has 0 aliphatic carbocycles. The van der Waals surface area contributed by atoms with Crippen molar-refractivity contribution in [3.05, 3.63) is 108 Å². The Bertz CT molecular complexity index is 1590. The summed E-state index contributed by atoms with van der Waals surface area (Å²) < 4.78 is 32.4. The number of rotatable bonds is 18. The Hall–Kier alpha value is -5.68. The normalized spacial score (nSPS) is 16.1. The summed E-state index contributed by atoms with van der Waals surface area (Å²) in [4.78, 5) is 27.9. The minimum Gasteiger partial charge on any atom is -0.493 e. The van der Waals surface area contributed by atoms with Gasteiger partial charge >= 0.3 is 0 Å². The predicted octanol–water partition coefficient (Wildman–Crippen LogP) is 5.56. The van der Waals surface area contributed by atoms with Crippen LogP contribution >= 0.6 is 0 Å². The number of allylic oxidation sites excluding steroid dienone is 4. The van der Waals surface area contributed by atoms with Crippen LogP contribution in [0.15, 0.2) is 91.1 Å². The first-order chi connectivity index (χ1) is 25.3. The monoisotopic (exact) mass is 711 g/mol. The molecule has 1 heterocycles. The number of nitrogens with one attached hydrogen (secondary N) is 2. The molecule has 0 radical (unpaired) electrons. The summed E-state index contributed by atoms with van der Waals surface area (Å²) in [5.41, 5.74) is 2.88. The summed E-state index contributed by atoms with van der Waals surface area (Å²) in [7, 11) is 9.38. The van der Waals surface area contributed by atoms with Crippen molar-refractivity contribution in [1.82, 2.24) is 15.5 Å². The fraction of sp³-hybridized carbons (Fsp3) is 0.317. The summed E-state index contributed by atoms with van der Waals surface area (Å²) in [6, 6.07) is 17.6. The molecule has 0 aromatic heterocycles. The number of hydrogen-bond donors (Lipinski definition) is 2. The summed E-state index contributed by atoms with van der Waals surface area (Å²) in [6.45, 7) is 3.37. The first-order valence-electron chi connectivity index (χ1n) is 16.9. The lowest BCUT2D eigenvalue weighted by Crippen LogP contribution is -2.36. The molecule has 1 fully saturated rings. The van der Waals surface area contributed by atoms with Gasteiger partial charge in [-0.3, -0.25) is 14.5 Å². The van der Waals surface area contributed by atoms with Gasteiger partial charge in [0.15, 0.2) is 23.0 Å². The lowest BCUT2D eigenvalue weighted by Gasteiger charge is -2.18. The third-order valence-corrected chi connectivity index (χ3v) is 8.65. The van der Waals surface area contributed by atoms with Crippen LogP contribution < -0.4 is 39.1 Å². The highest BCUT2D eigenvalue weighted by molar-refractivity contribution is 5.88. The van der Waals surface area contributed by atoms with Crippen molar-refractivity contribution in [2.45, 2.75) is 6.54 Å². The highest BCUT2D eigenvalue weighted by Crippen LogP contribution is 2.39. The highest BCUT2D eigenvalue weighted by Gasteiger charge is 2.32. The second-order valence-electron chi connectivity index (χ2n) is 12.0. The minimum absolute atomic E-state index is 0.153. The summed E-state index contributed by atoms with van der Waals surface area (Å²) >= 11 is 0. The third-order valence-electron chi connectivity index (χ3n) is 8.65. The number of hydrogen-bond acceptors (Lipinski definition) is 9. The Balaban J connectivity index is 1.33. The molecule has 1 aliphatic rings. The summed E-state index contributed by atoms with van der Waals surface area (Å²) in [5.74, 6) is 3.14. The Morgan fingerprint density at radius 2 is 1.02 bits per heavy atom. The molecule has 2 N–H and O–H groups in total. The average Bonchev–Trinajstić information content (AvgIpc) is 3.56. The number of methoxy groups -OCH3 is 6. The highest BCUT2D eigenvalue weighted by atomic mass is 16.5. The van der Waals surface area contributed by atoms with Crippen LogP contribution in [-0.2, 0) is 16.1 Å². The number of carbonyl (C=O) groups is 2. The molecular formula is C41H49N3O8. The van der Waals surface area contributed by atoms with E-state index >= 15 is 0 Å². The van der Waals surface area contributed by atoms with Gasteiger partial charge in [-0.05, 0) is 52.8 Å². The molecule has 276 valence electrons. The molecule has 2 atom stereocenters. The average molecular weight is 712 g/mol. The standard InChI is InChI=1S/C41H49N3O8/c1-47-34-20-30(21-35(48-2)40(34)51-5)16-10-12-18-38(45)42-24-32-27-44(26-29-14-8-7-9-15-29)28-33(32)25-43-39(46)19-13-11-17-31-22-36(49-3)41(52-6)37(23-31)50-4/h7-23,32-33H,24-28H2,1-6H3,(H,42,45)(H,43,46)/b16-10+,17-11+,18-12+,19-13+/t32-,33-/m0/s1. The Morgan fingerprint density at radius 1 is 0.615 bits per heavy atom. The molecule has 52 heavy (non-hydrogen) atoms. The van der Waals surface area contributed by atoms with E-state index in [-0.39, 0.29) is 23.7 Å². The van der Waals surface area contributed by atoms with Crippen LogP contribution in [0, 0.1) is 11.8 Å². The maximum absolute atomic E-state index is 12.8. The van der Waals surface area contributed by atoms with Gasteiger partial charge in [-0.2, -0.15) is 0 Å². The Kier molecular flexibility index (Phi) is 15.2. The van der Waals surface area contributed by atoms with Crippen LogP contribution in [0.4, 0.5) is 0 Å². The van der Waals surface area contributed by atoms with Crippen LogP contribution in [0.25, 0.3) is 12.2 Å². The molecule has 0 spiro atoms. The van der Waals surface area contributed by atoms with Crippen LogP contribution in [0.1, 0.15) is 16.7 Å². The van der Waals surface area contributed by atoms with E-state index in [2.05, 4.69) is 27.7 Å². The van der Waals surface area contributed by atoms with Gasteiger partial charge < -0.3 is 39.1 Å². The lowest BCUT2D eigenvalue weighted by molar-refractivity contribution is -0.117. The van der Waals surface area contributed by atoms with E-state index in [1.807, 2.05) is 54.6 Å². The van der Waals surface area contributed by atoms with Gasteiger partial charge in [0.2, 0.25) is 23.3 Å². The van der Waals surface area contributed by atoms with Gasteiger partial charge in [-0.15, -0.1) is 0 Å².